The van der Waals surface area contributed by atoms with Gasteiger partial charge in [-0.15, -0.1) is 0 Å². The molecule has 15 heteroatoms. The minimum Gasteiger partial charge on any atom is -0.466 e. The molecule has 2 fully saturated rings. The summed E-state index contributed by atoms with van der Waals surface area (Å²) < 4.78 is 38.1. The smallest absolute Gasteiger partial charge is 0.407 e. The Bertz CT molecular complexity index is 1620. The van der Waals surface area contributed by atoms with Gasteiger partial charge < -0.3 is 43.8 Å². The van der Waals surface area contributed by atoms with Gasteiger partial charge in [0.25, 0.3) is 0 Å². The highest BCUT2D eigenvalue weighted by atomic mass is 16.6. The Morgan fingerprint density at radius 1 is 0.540 bits per heavy atom. The number of carbonyl (C=O) groups excluding carboxylic acids is 6. The molecule has 2 aliphatic rings. The lowest BCUT2D eigenvalue weighted by Gasteiger charge is -2.47. The Labute approximate surface area is 376 Å². The van der Waals surface area contributed by atoms with E-state index >= 15 is 0 Å². The number of amides is 2. The molecule has 0 aromatic carbocycles. The Hall–Kier alpha value is -4.14. The molecule has 4 unspecified atom stereocenters. The molecule has 0 spiro atoms. The average molecular weight is 893 g/mol. The number of rotatable bonds is 24. The van der Waals surface area contributed by atoms with Gasteiger partial charge in [-0.25, -0.2) is 19.2 Å². The second-order valence-corrected chi connectivity index (χ2v) is 21.5. The standard InChI is InChI=1S/C48H80N2O13/c1-33(2)39(53)58-23-25-60-41(55)49-35-27-43(5,6)31-47(13,29-35)17-15-37(51)57-21-19-45(9,10)62-22-20-46(11,12)63-38(52)16-18-48(14)30-36(28-44(7,8)32-48)50-42(56)61-26-24-59-40(54)34(3)4/h35-36H,1,3,15-32H2,2,4-14H3,(H,49,55)(H,50,56). The van der Waals surface area contributed by atoms with Crippen LogP contribution in [-0.4, -0.2) is 99.0 Å². The first-order valence-corrected chi connectivity index (χ1v) is 22.5. The third kappa shape index (κ3) is 22.4. The van der Waals surface area contributed by atoms with Gasteiger partial charge in [-0.1, -0.05) is 54.7 Å². The summed E-state index contributed by atoms with van der Waals surface area (Å²) in [5.74, 6) is -1.65. The summed E-state index contributed by atoms with van der Waals surface area (Å²) in [5.41, 5.74) is -1.37. The number of alkyl carbamates (subject to hydrolysis) is 2. The van der Waals surface area contributed by atoms with Crippen molar-refractivity contribution in [1.29, 1.82) is 0 Å². The largest absolute Gasteiger partial charge is 0.466 e. The minimum atomic E-state index is -0.765. The van der Waals surface area contributed by atoms with Crippen LogP contribution in [0.25, 0.3) is 0 Å². The molecular formula is C48H80N2O13. The second-order valence-electron chi connectivity index (χ2n) is 21.5. The number of hydrogen-bond donors (Lipinski definition) is 2. The molecule has 4 atom stereocenters. The van der Waals surface area contributed by atoms with E-state index in [0.29, 0.717) is 45.1 Å². The summed E-state index contributed by atoms with van der Waals surface area (Å²) in [6, 6.07) is -0.280. The molecule has 0 heterocycles. The van der Waals surface area contributed by atoms with Crippen molar-refractivity contribution in [3.05, 3.63) is 24.3 Å². The third-order valence-corrected chi connectivity index (χ3v) is 11.7. The van der Waals surface area contributed by atoms with Crippen molar-refractivity contribution in [2.75, 3.05) is 39.6 Å². The van der Waals surface area contributed by atoms with Gasteiger partial charge in [0.2, 0.25) is 0 Å². The number of hydrogen-bond acceptors (Lipinski definition) is 13. The van der Waals surface area contributed by atoms with Crippen molar-refractivity contribution in [1.82, 2.24) is 10.6 Å². The average Bonchev–Trinajstić information content (AvgIpc) is 3.11. The fraction of sp³-hybridized carbons (Fsp3) is 0.792. The Morgan fingerprint density at radius 2 is 0.937 bits per heavy atom. The quantitative estimate of drug-likeness (QED) is 0.0405. The molecule has 2 N–H and O–H groups in total. The highest BCUT2D eigenvalue weighted by molar-refractivity contribution is 5.87. The maximum atomic E-state index is 13.1. The first kappa shape index (κ1) is 55.0. The van der Waals surface area contributed by atoms with Gasteiger partial charge in [0, 0.05) is 48.9 Å². The van der Waals surface area contributed by atoms with Gasteiger partial charge in [0.15, 0.2) is 0 Å². The highest BCUT2D eigenvalue weighted by Gasteiger charge is 2.43. The Morgan fingerprint density at radius 3 is 1.37 bits per heavy atom. The number of carbonyl (C=O) groups is 6. The van der Waals surface area contributed by atoms with E-state index in [1.807, 2.05) is 27.7 Å². The SMILES string of the molecule is C=C(C)C(=O)OCCOC(=O)NC1CC(C)(C)CC(C)(CCC(=O)OCCC(C)(C)OCCC(C)(C)OC(=O)CCC2(C)CC(NC(=O)OCCOC(=O)C(=C)C)CC(C)(C)C2)C1. The lowest BCUT2D eigenvalue weighted by Crippen LogP contribution is -2.47. The van der Waals surface area contributed by atoms with Gasteiger partial charge in [-0.3, -0.25) is 9.59 Å². The number of nitrogens with one attached hydrogen (secondary N) is 2. The molecule has 0 aromatic rings. The Kier molecular flexibility index (Phi) is 20.7. The van der Waals surface area contributed by atoms with E-state index in [-0.39, 0.29) is 103 Å². The second kappa shape index (κ2) is 23.7. The molecule has 0 aromatic heterocycles. The molecule has 0 aliphatic heterocycles. The van der Waals surface area contributed by atoms with Crippen LogP contribution in [0.3, 0.4) is 0 Å². The van der Waals surface area contributed by atoms with Gasteiger partial charge in [0.1, 0.15) is 32.0 Å². The van der Waals surface area contributed by atoms with Gasteiger partial charge in [-0.2, -0.15) is 0 Å². The molecule has 0 saturated heterocycles. The van der Waals surface area contributed by atoms with Crippen molar-refractivity contribution in [2.24, 2.45) is 21.7 Å². The lowest BCUT2D eigenvalue weighted by molar-refractivity contribution is -0.160. The first-order valence-electron chi connectivity index (χ1n) is 22.5. The summed E-state index contributed by atoms with van der Waals surface area (Å²) in [7, 11) is 0. The van der Waals surface area contributed by atoms with Crippen LogP contribution in [0.4, 0.5) is 9.59 Å². The molecule has 0 bridgehead atoms. The fourth-order valence-electron chi connectivity index (χ4n) is 9.40. The summed E-state index contributed by atoms with van der Waals surface area (Å²) >= 11 is 0. The van der Waals surface area contributed by atoms with Crippen LogP contribution in [-0.2, 0) is 52.3 Å². The van der Waals surface area contributed by atoms with E-state index in [2.05, 4.69) is 65.3 Å². The number of esters is 4. The monoisotopic (exact) mass is 893 g/mol. The molecule has 0 radical (unpaired) electrons. The fourth-order valence-corrected chi connectivity index (χ4v) is 9.40. The topological polar surface area (TPSA) is 191 Å². The molecule has 2 aliphatic carbocycles. The van der Waals surface area contributed by atoms with E-state index in [1.165, 1.54) is 0 Å². The highest BCUT2D eigenvalue weighted by Crippen LogP contribution is 2.50. The van der Waals surface area contributed by atoms with E-state index in [4.69, 9.17) is 33.2 Å². The van der Waals surface area contributed by atoms with Crippen molar-refractivity contribution in [2.45, 2.75) is 183 Å². The van der Waals surface area contributed by atoms with Crippen LogP contribution in [0.5, 0.6) is 0 Å². The predicted octanol–water partition coefficient (Wildman–Crippen LogP) is 8.85. The first-order chi connectivity index (χ1) is 28.9. The zero-order valence-electron chi connectivity index (χ0n) is 40.6. The lowest BCUT2D eigenvalue weighted by atomic mass is 9.61. The zero-order valence-corrected chi connectivity index (χ0v) is 40.6. The van der Waals surface area contributed by atoms with Crippen LogP contribution in [0.1, 0.15) is 160 Å². The van der Waals surface area contributed by atoms with Crippen LogP contribution < -0.4 is 10.6 Å². The molecular weight excluding hydrogens is 813 g/mol. The van der Waals surface area contributed by atoms with Crippen LogP contribution in [0.2, 0.25) is 0 Å². The van der Waals surface area contributed by atoms with Crippen LogP contribution >= 0.6 is 0 Å². The maximum Gasteiger partial charge on any atom is 0.407 e. The third-order valence-electron chi connectivity index (χ3n) is 11.7. The van der Waals surface area contributed by atoms with Gasteiger partial charge in [0.05, 0.1) is 18.8 Å². The molecule has 2 amide bonds. The summed E-state index contributed by atoms with van der Waals surface area (Å²) in [4.78, 5) is 74.1. The molecule has 2 saturated carbocycles. The van der Waals surface area contributed by atoms with E-state index in [1.54, 1.807) is 13.8 Å². The zero-order chi connectivity index (χ0) is 47.9. The maximum absolute atomic E-state index is 13.1. The molecule has 2 rings (SSSR count). The molecule has 15 nitrogen and oxygen atoms in total. The van der Waals surface area contributed by atoms with Gasteiger partial charge in [-0.05, 0) is 115 Å². The van der Waals surface area contributed by atoms with Crippen LogP contribution in [0, 0.1) is 21.7 Å². The number of ether oxygens (including phenoxy) is 7. The van der Waals surface area contributed by atoms with E-state index < -0.39 is 35.3 Å². The van der Waals surface area contributed by atoms with Crippen molar-refractivity contribution < 1.29 is 61.9 Å². The summed E-state index contributed by atoms with van der Waals surface area (Å²) in [6.45, 7) is 31.0. The Balaban J connectivity index is 1.73. The summed E-state index contributed by atoms with van der Waals surface area (Å²) in [5, 5.41) is 5.91. The normalized spacial score (nSPS) is 23.0. The van der Waals surface area contributed by atoms with Crippen LogP contribution in [0.15, 0.2) is 24.3 Å². The van der Waals surface area contributed by atoms with Crippen molar-refractivity contribution in [3.63, 3.8) is 0 Å². The summed E-state index contributed by atoms with van der Waals surface area (Å²) in [6.07, 6.45) is 6.17. The van der Waals surface area contributed by atoms with E-state index in [9.17, 15) is 28.8 Å². The van der Waals surface area contributed by atoms with Crippen molar-refractivity contribution >= 4 is 36.1 Å². The van der Waals surface area contributed by atoms with E-state index in [0.717, 1.165) is 25.7 Å². The van der Waals surface area contributed by atoms with Gasteiger partial charge >= 0.3 is 36.1 Å². The predicted molar refractivity (Wildman–Crippen MR) is 238 cm³/mol. The molecule has 63 heavy (non-hydrogen) atoms. The molecule has 360 valence electrons. The van der Waals surface area contributed by atoms with Crippen molar-refractivity contribution in [3.8, 4) is 0 Å². The minimum absolute atomic E-state index is 0.0543.